The summed E-state index contributed by atoms with van der Waals surface area (Å²) in [5.41, 5.74) is 0.970. The van der Waals surface area contributed by atoms with Crippen molar-refractivity contribution in [2.75, 3.05) is 7.11 Å². The largest absolute Gasteiger partial charge is 0.465 e. The van der Waals surface area contributed by atoms with E-state index in [0.717, 1.165) is 0 Å². The first-order valence-corrected chi connectivity index (χ1v) is 4.95. The summed E-state index contributed by atoms with van der Waals surface area (Å²) in [6, 6.07) is 6.89. The Morgan fingerprint density at radius 2 is 2.24 bits per heavy atom. The van der Waals surface area contributed by atoms with Crippen molar-refractivity contribution in [1.82, 2.24) is 14.8 Å². The molecule has 0 aliphatic carbocycles. The third-order valence-electron chi connectivity index (χ3n) is 2.33. The van der Waals surface area contributed by atoms with Gasteiger partial charge in [0.25, 0.3) is 0 Å². The van der Waals surface area contributed by atoms with Gasteiger partial charge in [-0.15, -0.1) is 10.2 Å². The van der Waals surface area contributed by atoms with E-state index < -0.39 is 5.97 Å². The van der Waals surface area contributed by atoms with Crippen LogP contribution in [0.1, 0.15) is 16.2 Å². The maximum Gasteiger partial charge on any atom is 0.339 e. The van der Waals surface area contributed by atoms with E-state index in [9.17, 15) is 4.79 Å². The molecule has 2 rings (SSSR count). The Balaban J connectivity index is 2.56. The van der Waals surface area contributed by atoms with Crippen LogP contribution in [0.15, 0.2) is 30.6 Å². The fourth-order valence-electron chi connectivity index (χ4n) is 1.53. The molecule has 0 bridgehead atoms. The molecule has 0 unspecified atom stereocenters. The Labute approximate surface area is 97.5 Å². The number of rotatable bonds is 3. The van der Waals surface area contributed by atoms with Crippen LogP contribution >= 0.6 is 0 Å². The van der Waals surface area contributed by atoms with E-state index in [0.29, 0.717) is 17.1 Å². The number of esters is 1. The number of carbonyl (C=O) groups excluding carboxylic acids is 1. The summed E-state index contributed by atoms with van der Waals surface area (Å²) in [5, 5.41) is 16.6. The predicted octanol–water partition coefficient (Wildman–Crippen LogP) is 0.546. The minimum Gasteiger partial charge on any atom is -0.465 e. The SMILES string of the molecule is COC(=O)c1ccccc1-n1cnnc1CO. The van der Waals surface area contributed by atoms with Gasteiger partial charge in [-0.1, -0.05) is 12.1 Å². The van der Waals surface area contributed by atoms with Gasteiger partial charge in [-0.2, -0.15) is 0 Å². The summed E-state index contributed by atoms with van der Waals surface area (Å²) in [6.45, 7) is -0.254. The van der Waals surface area contributed by atoms with Crippen molar-refractivity contribution in [3.8, 4) is 5.69 Å². The van der Waals surface area contributed by atoms with Gasteiger partial charge in [0.15, 0.2) is 5.82 Å². The minimum atomic E-state index is -0.446. The van der Waals surface area contributed by atoms with Gasteiger partial charge in [0.1, 0.15) is 12.9 Å². The van der Waals surface area contributed by atoms with Crippen molar-refractivity contribution in [3.05, 3.63) is 42.0 Å². The van der Waals surface area contributed by atoms with E-state index >= 15 is 0 Å². The van der Waals surface area contributed by atoms with Gasteiger partial charge in [-0.3, -0.25) is 4.57 Å². The summed E-state index contributed by atoms with van der Waals surface area (Å²) >= 11 is 0. The zero-order chi connectivity index (χ0) is 12.3. The second-order valence-electron chi connectivity index (χ2n) is 3.28. The molecule has 1 aromatic heterocycles. The maximum absolute atomic E-state index is 11.6. The lowest BCUT2D eigenvalue weighted by atomic mass is 10.2. The van der Waals surface area contributed by atoms with Gasteiger partial charge in [0, 0.05) is 0 Å². The van der Waals surface area contributed by atoms with Gasteiger partial charge in [0.05, 0.1) is 18.4 Å². The van der Waals surface area contributed by atoms with Gasteiger partial charge in [-0.05, 0) is 12.1 Å². The topological polar surface area (TPSA) is 77.2 Å². The van der Waals surface area contributed by atoms with Crippen molar-refractivity contribution in [2.24, 2.45) is 0 Å². The molecule has 0 saturated carbocycles. The fraction of sp³-hybridized carbons (Fsp3) is 0.182. The Bertz CT molecular complexity index is 536. The molecule has 17 heavy (non-hydrogen) atoms. The van der Waals surface area contributed by atoms with Crippen LogP contribution in [0, 0.1) is 0 Å². The molecule has 2 aromatic rings. The van der Waals surface area contributed by atoms with Crippen LogP contribution in [0.25, 0.3) is 5.69 Å². The molecule has 0 amide bonds. The van der Waals surface area contributed by atoms with Crippen LogP contribution in [0.3, 0.4) is 0 Å². The van der Waals surface area contributed by atoms with Crippen LogP contribution in [0.4, 0.5) is 0 Å². The Hall–Kier alpha value is -2.21. The molecule has 1 N–H and O–H groups in total. The molecule has 0 spiro atoms. The highest BCUT2D eigenvalue weighted by molar-refractivity contribution is 5.93. The van der Waals surface area contributed by atoms with E-state index in [1.54, 1.807) is 28.8 Å². The average molecular weight is 233 g/mol. The molecule has 1 aromatic carbocycles. The number of hydrogen-bond donors (Lipinski definition) is 1. The molecule has 6 heteroatoms. The smallest absolute Gasteiger partial charge is 0.339 e. The molecule has 0 fully saturated rings. The van der Waals surface area contributed by atoms with E-state index in [1.165, 1.54) is 13.4 Å². The molecule has 0 saturated heterocycles. The number of nitrogens with zero attached hydrogens (tertiary/aromatic N) is 3. The van der Waals surface area contributed by atoms with E-state index in [1.807, 2.05) is 0 Å². The van der Waals surface area contributed by atoms with Crippen molar-refractivity contribution < 1.29 is 14.6 Å². The Morgan fingerprint density at radius 3 is 2.94 bits per heavy atom. The number of aliphatic hydroxyl groups excluding tert-OH is 1. The number of carbonyl (C=O) groups is 1. The normalized spacial score (nSPS) is 10.2. The quantitative estimate of drug-likeness (QED) is 0.783. The summed E-state index contributed by atoms with van der Waals surface area (Å²) in [7, 11) is 1.32. The van der Waals surface area contributed by atoms with Crippen LogP contribution in [-0.4, -0.2) is 33.0 Å². The summed E-state index contributed by atoms with van der Waals surface area (Å²) in [5.74, 6) is -0.0838. The first kappa shape index (κ1) is 11.3. The van der Waals surface area contributed by atoms with Gasteiger partial charge in [-0.25, -0.2) is 4.79 Å². The maximum atomic E-state index is 11.6. The fourth-order valence-corrected chi connectivity index (χ4v) is 1.53. The van der Waals surface area contributed by atoms with E-state index in [4.69, 9.17) is 9.84 Å². The number of aromatic nitrogens is 3. The van der Waals surface area contributed by atoms with Gasteiger partial charge in [0.2, 0.25) is 0 Å². The highest BCUT2D eigenvalue weighted by Crippen LogP contribution is 2.16. The average Bonchev–Trinajstić information content (AvgIpc) is 2.86. The van der Waals surface area contributed by atoms with E-state index in [2.05, 4.69) is 10.2 Å². The van der Waals surface area contributed by atoms with Crippen molar-refractivity contribution in [3.63, 3.8) is 0 Å². The second kappa shape index (κ2) is 4.75. The second-order valence-corrected chi connectivity index (χ2v) is 3.28. The molecule has 0 aliphatic heterocycles. The molecule has 1 heterocycles. The zero-order valence-corrected chi connectivity index (χ0v) is 9.20. The number of benzene rings is 1. The van der Waals surface area contributed by atoms with Crippen LogP contribution in [0.5, 0.6) is 0 Å². The Morgan fingerprint density at radius 1 is 1.47 bits per heavy atom. The minimum absolute atomic E-state index is 0.254. The van der Waals surface area contributed by atoms with Crippen molar-refractivity contribution >= 4 is 5.97 Å². The molecule has 0 aliphatic rings. The van der Waals surface area contributed by atoms with Crippen LogP contribution in [0.2, 0.25) is 0 Å². The summed E-state index contributed by atoms with van der Waals surface area (Å²) < 4.78 is 6.24. The van der Waals surface area contributed by atoms with E-state index in [-0.39, 0.29) is 6.61 Å². The third-order valence-corrected chi connectivity index (χ3v) is 2.33. The molecular weight excluding hydrogens is 222 g/mol. The molecule has 0 radical (unpaired) electrons. The lowest BCUT2D eigenvalue weighted by Gasteiger charge is -2.09. The molecule has 6 nitrogen and oxygen atoms in total. The van der Waals surface area contributed by atoms with Crippen molar-refractivity contribution in [1.29, 1.82) is 0 Å². The van der Waals surface area contributed by atoms with Gasteiger partial charge < -0.3 is 9.84 Å². The summed E-state index contributed by atoms with van der Waals surface area (Å²) in [4.78, 5) is 11.6. The van der Waals surface area contributed by atoms with Crippen LogP contribution in [-0.2, 0) is 11.3 Å². The number of aliphatic hydroxyl groups is 1. The number of methoxy groups -OCH3 is 1. The number of para-hydroxylation sites is 1. The standard InChI is InChI=1S/C11H11N3O3/c1-17-11(16)8-4-2-3-5-9(8)14-7-12-13-10(14)6-15/h2-5,7,15H,6H2,1H3. The number of ether oxygens (including phenoxy) is 1. The monoisotopic (exact) mass is 233 g/mol. The van der Waals surface area contributed by atoms with Crippen LogP contribution < -0.4 is 0 Å². The molecular formula is C11H11N3O3. The van der Waals surface area contributed by atoms with Gasteiger partial charge >= 0.3 is 5.97 Å². The molecule has 0 atom stereocenters. The first-order chi connectivity index (χ1) is 8.27. The first-order valence-electron chi connectivity index (χ1n) is 4.95. The number of hydrogen-bond acceptors (Lipinski definition) is 5. The lowest BCUT2D eigenvalue weighted by molar-refractivity contribution is 0.0600. The Kier molecular flexibility index (Phi) is 3.15. The molecule has 88 valence electrons. The highest BCUT2D eigenvalue weighted by Gasteiger charge is 2.14. The predicted molar refractivity (Wildman–Crippen MR) is 58.6 cm³/mol. The third kappa shape index (κ3) is 2.02. The highest BCUT2D eigenvalue weighted by atomic mass is 16.5. The van der Waals surface area contributed by atoms with Crippen molar-refractivity contribution in [2.45, 2.75) is 6.61 Å². The summed E-state index contributed by atoms with van der Waals surface area (Å²) in [6.07, 6.45) is 1.44. The lowest BCUT2D eigenvalue weighted by Crippen LogP contribution is -2.09. The zero-order valence-electron chi connectivity index (χ0n) is 9.20.